The van der Waals surface area contributed by atoms with Crippen molar-refractivity contribution in [1.82, 2.24) is 0 Å². The minimum atomic E-state index is -9.06. The Balaban J connectivity index is 0. The lowest BCUT2D eigenvalue weighted by Crippen LogP contribution is -2.76. The van der Waals surface area contributed by atoms with Crippen LogP contribution < -0.4 is 0 Å². The number of carboxylic acids is 1. The molecule has 0 amide bonds. The summed E-state index contributed by atoms with van der Waals surface area (Å²) in [7, 11) is 0. The first-order valence-corrected chi connectivity index (χ1v) is 6.27. The van der Waals surface area contributed by atoms with E-state index < -0.39 is 59.5 Å². The largest absolute Gasteiger partial charge is 0.477 e. The van der Waals surface area contributed by atoms with Gasteiger partial charge in [0, 0.05) is 0 Å². The van der Waals surface area contributed by atoms with Crippen molar-refractivity contribution in [3.05, 3.63) is 0 Å². The van der Waals surface area contributed by atoms with Gasteiger partial charge in [-0.2, -0.15) is 83.4 Å². The molecule has 0 saturated carbocycles. The second-order valence-electron chi connectivity index (χ2n) is 5.40. The first-order chi connectivity index (χ1) is 12.9. The van der Waals surface area contributed by atoms with Gasteiger partial charge < -0.3 is 5.11 Å². The van der Waals surface area contributed by atoms with Crippen LogP contribution in [0.4, 0.5) is 83.4 Å². The zero-order valence-corrected chi connectivity index (χ0v) is 14.3. The van der Waals surface area contributed by atoms with E-state index in [0.29, 0.717) is 0 Å². The molecule has 0 aromatic carbocycles. The molecule has 0 atom stereocenters. The SMILES string of the molecule is Cl.O=C(O)C(F)(F)C(F)(F)C(F)(F)C(F)(F)C(F)(F)C(F)(F)C(F)(F)C(F)(F)C(F)(F)F. The quantitative estimate of drug-likeness (QED) is 0.369. The van der Waals surface area contributed by atoms with E-state index in [-0.39, 0.29) is 12.4 Å². The van der Waals surface area contributed by atoms with Crippen molar-refractivity contribution in [2.24, 2.45) is 0 Å². The maximum absolute atomic E-state index is 13.1. The third-order valence-corrected chi connectivity index (χ3v) is 3.38. The molecule has 0 radical (unpaired) electrons. The van der Waals surface area contributed by atoms with Crippen LogP contribution in [0, 0.1) is 0 Å². The van der Waals surface area contributed by atoms with Gasteiger partial charge in [-0.1, -0.05) is 0 Å². The molecule has 0 aromatic rings. The summed E-state index contributed by atoms with van der Waals surface area (Å²) in [5, 5.41) is 7.61. The molecule has 0 saturated heterocycles. The molecule has 194 valence electrons. The first kappa shape index (κ1) is 32.6. The van der Waals surface area contributed by atoms with Crippen LogP contribution in [0.1, 0.15) is 0 Å². The third kappa shape index (κ3) is 3.66. The normalized spacial score (nSPS) is 16.0. The van der Waals surface area contributed by atoms with Crippen LogP contribution in [-0.4, -0.2) is 64.6 Å². The third-order valence-electron chi connectivity index (χ3n) is 3.38. The number of carboxylic acid groups (broad SMARTS) is 1. The smallest absolute Gasteiger partial charge is 0.460 e. The molecule has 0 rings (SSSR count). The minimum absolute atomic E-state index is 0. The average Bonchev–Trinajstić information content (AvgIpc) is 2.52. The molecule has 0 aliphatic rings. The molecular weight excluding hydrogens is 549 g/mol. The van der Waals surface area contributed by atoms with Crippen LogP contribution in [0.15, 0.2) is 0 Å². The van der Waals surface area contributed by atoms with E-state index in [0.717, 1.165) is 0 Å². The highest BCUT2D eigenvalue weighted by molar-refractivity contribution is 5.85. The number of rotatable bonds is 8. The molecule has 0 spiro atoms. The first-order valence-electron chi connectivity index (χ1n) is 6.27. The molecule has 2 nitrogen and oxygen atoms in total. The molecule has 0 aliphatic heterocycles. The Morgan fingerprint density at radius 1 is 0.406 bits per heavy atom. The summed E-state index contributed by atoms with van der Waals surface area (Å²) < 4.78 is 242. The maximum atomic E-state index is 13.1. The van der Waals surface area contributed by atoms with Crippen LogP contribution in [0.2, 0.25) is 0 Å². The summed E-state index contributed by atoms with van der Waals surface area (Å²) in [5.74, 6) is -73.3. The highest BCUT2D eigenvalue weighted by Gasteiger charge is 2.97. The van der Waals surface area contributed by atoms with Gasteiger partial charge in [0.25, 0.3) is 0 Å². The van der Waals surface area contributed by atoms with Crippen LogP contribution >= 0.6 is 12.4 Å². The minimum Gasteiger partial charge on any atom is -0.477 e. The highest BCUT2D eigenvalue weighted by Crippen LogP contribution is 2.65. The molecule has 0 unspecified atom stereocenters. The van der Waals surface area contributed by atoms with Gasteiger partial charge in [-0.3, -0.25) is 0 Å². The van der Waals surface area contributed by atoms with E-state index in [1.165, 1.54) is 0 Å². The molecule has 0 heterocycles. The average molecular weight is 551 g/mol. The van der Waals surface area contributed by atoms with Crippen molar-refractivity contribution in [3.63, 3.8) is 0 Å². The topological polar surface area (TPSA) is 37.3 Å². The Morgan fingerprint density at radius 2 is 0.594 bits per heavy atom. The Kier molecular flexibility index (Phi) is 7.89. The lowest BCUT2D eigenvalue weighted by molar-refractivity contribution is -0.467. The van der Waals surface area contributed by atoms with Crippen LogP contribution in [0.3, 0.4) is 0 Å². The number of aliphatic carboxylic acids is 1. The van der Waals surface area contributed by atoms with Gasteiger partial charge >= 0.3 is 59.5 Å². The van der Waals surface area contributed by atoms with Crippen molar-refractivity contribution in [1.29, 1.82) is 0 Å². The van der Waals surface area contributed by atoms with Gasteiger partial charge in [0.05, 0.1) is 0 Å². The van der Waals surface area contributed by atoms with Crippen molar-refractivity contribution >= 4 is 18.4 Å². The number of hydrogen-bond donors (Lipinski definition) is 1. The number of carbonyl (C=O) groups is 1. The Labute approximate surface area is 166 Å². The van der Waals surface area contributed by atoms with Crippen molar-refractivity contribution in [2.75, 3.05) is 0 Å². The van der Waals surface area contributed by atoms with E-state index in [2.05, 4.69) is 0 Å². The molecule has 32 heavy (non-hydrogen) atoms. The van der Waals surface area contributed by atoms with Crippen LogP contribution in [0.5, 0.6) is 0 Å². The zero-order chi connectivity index (χ0) is 26.1. The van der Waals surface area contributed by atoms with Gasteiger partial charge in [-0.05, 0) is 0 Å². The van der Waals surface area contributed by atoms with Crippen molar-refractivity contribution in [2.45, 2.75) is 53.6 Å². The molecule has 22 heteroatoms. The molecule has 0 bridgehead atoms. The second kappa shape index (κ2) is 7.74. The van der Waals surface area contributed by atoms with E-state index in [1.54, 1.807) is 0 Å². The standard InChI is InChI=1S/C10HF19O2.ClH/c11-2(12,1(30)31)3(13,14)4(15,16)5(17,18)6(19,20)7(21,22)8(23,24)9(25,26)10(27,28)29;/h(H,30,31);1H. The zero-order valence-electron chi connectivity index (χ0n) is 13.4. The number of halogens is 20. The molecule has 0 aliphatic carbocycles. The predicted molar refractivity (Wildman–Crippen MR) is 60.5 cm³/mol. The van der Waals surface area contributed by atoms with Gasteiger partial charge in [-0.15, -0.1) is 12.4 Å². The summed E-state index contributed by atoms with van der Waals surface area (Å²) in [6.45, 7) is 0. The highest BCUT2D eigenvalue weighted by atomic mass is 35.5. The fourth-order valence-electron chi connectivity index (χ4n) is 1.50. The summed E-state index contributed by atoms with van der Waals surface area (Å²) >= 11 is 0. The second-order valence-corrected chi connectivity index (χ2v) is 5.40. The fourth-order valence-corrected chi connectivity index (χ4v) is 1.50. The summed E-state index contributed by atoms with van der Waals surface area (Å²) in [5.41, 5.74) is 0. The Morgan fingerprint density at radius 3 is 0.781 bits per heavy atom. The van der Waals surface area contributed by atoms with E-state index in [1.807, 2.05) is 0 Å². The Bertz CT molecular complexity index is 707. The van der Waals surface area contributed by atoms with Gasteiger partial charge in [0.1, 0.15) is 0 Å². The lowest BCUT2D eigenvalue weighted by Gasteiger charge is -2.43. The predicted octanol–water partition coefficient (Wildman–Crippen LogP) is 6.14. The van der Waals surface area contributed by atoms with Gasteiger partial charge in [-0.25, -0.2) is 4.79 Å². The van der Waals surface area contributed by atoms with E-state index in [9.17, 15) is 88.2 Å². The Hall–Kier alpha value is -1.57. The monoisotopic (exact) mass is 550 g/mol. The molecule has 0 fully saturated rings. The fraction of sp³-hybridized carbons (Fsp3) is 0.900. The summed E-state index contributed by atoms with van der Waals surface area (Å²) in [6, 6.07) is 0. The molecule has 1 N–H and O–H groups in total. The molecular formula is C10H2ClF19O2. The van der Waals surface area contributed by atoms with Crippen molar-refractivity contribution < 1.29 is 93.3 Å². The maximum Gasteiger partial charge on any atom is 0.460 e. The van der Waals surface area contributed by atoms with Crippen molar-refractivity contribution in [3.8, 4) is 0 Å². The summed E-state index contributed by atoms with van der Waals surface area (Å²) in [4.78, 5) is 9.80. The van der Waals surface area contributed by atoms with Crippen LogP contribution in [-0.2, 0) is 4.79 Å². The lowest BCUT2D eigenvalue weighted by atomic mass is 9.87. The number of hydrogen-bond acceptors (Lipinski definition) is 1. The van der Waals surface area contributed by atoms with Crippen LogP contribution in [0.25, 0.3) is 0 Å². The van der Waals surface area contributed by atoms with Gasteiger partial charge in [0.15, 0.2) is 0 Å². The van der Waals surface area contributed by atoms with E-state index >= 15 is 0 Å². The molecule has 0 aromatic heterocycles. The summed E-state index contributed by atoms with van der Waals surface area (Å²) in [6.07, 6.45) is -7.95. The van der Waals surface area contributed by atoms with Gasteiger partial charge in [0.2, 0.25) is 0 Å². The van der Waals surface area contributed by atoms with E-state index in [4.69, 9.17) is 5.11 Å². The number of alkyl halides is 19.